The summed E-state index contributed by atoms with van der Waals surface area (Å²) >= 11 is 1.56. The minimum Gasteiger partial charge on any atom is -0.496 e. The Morgan fingerprint density at radius 1 is 1.03 bits per heavy atom. The Morgan fingerprint density at radius 2 is 1.75 bits per heavy atom. The van der Waals surface area contributed by atoms with Gasteiger partial charge in [0.2, 0.25) is 0 Å². The molecule has 168 valence electrons. The normalized spacial score (nSPS) is 11.0. The third-order valence-electron chi connectivity index (χ3n) is 5.37. The van der Waals surface area contributed by atoms with Crippen molar-refractivity contribution in [3.63, 3.8) is 0 Å². The number of methoxy groups -OCH3 is 1. The van der Waals surface area contributed by atoms with Crippen LogP contribution in [0.25, 0.3) is 21.0 Å². The topological polar surface area (TPSA) is 45.7 Å². The monoisotopic (exact) mass is 469 g/mol. The van der Waals surface area contributed by atoms with Gasteiger partial charge in [0, 0.05) is 6.54 Å². The molecule has 0 saturated carbocycles. The number of aromatic nitrogens is 1. The van der Waals surface area contributed by atoms with Crippen molar-refractivity contribution in [2.45, 2.75) is 13.3 Å². The van der Waals surface area contributed by atoms with E-state index in [1.165, 1.54) is 0 Å². The zero-order valence-corrected chi connectivity index (χ0v) is 20.4. The van der Waals surface area contributed by atoms with Gasteiger partial charge in [-0.25, -0.2) is 4.98 Å². The Morgan fingerprint density at radius 3 is 2.41 bits per heavy atom. The van der Waals surface area contributed by atoms with E-state index in [2.05, 4.69) is 24.0 Å². The van der Waals surface area contributed by atoms with Crippen LogP contribution in [-0.2, 0) is 0 Å². The van der Waals surface area contributed by atoms with Crippen LogP contribution < -0.4 is 9.64 Å². The van der Waals surface area contributed by atoms with E-state index in [0.29, 0.717) is 17.9 Å². The van der Waals surface area contributed by atoms with Gasteiger partial charge in [0.25, 0.3) is 5.91 Å². The highest BCUT2D eigenvalue weighted by Crippen LogP contribution is 2.33. The Kier molecular flexibility index (Phi) is 7.72. The first-order chi connectivity index (χ1) is 15.0. The lowest BCUT2D eigenvalue weighted by Crippen LogP contribution is -2.33. The number of amides is 1. The first kappa shape index (κ1) is 24.0. The third kappa shape index (κ3) is 4.88. The number of thiazole rings is 1. The van der Waals surface area contributed by atoms with Crippen LogP contribution in [-0.4, -0.2) is 50.1 Å². The molecule has 1 amide bonds. The summed E-state index contributed by atoms with van der Waals surface area (Å²) in [7, 11) is 5.69. The number of benzene rings is 3. The number of halogens is 1. The van der Waals surface area contributed by atoms with Crippen molar-refractivity contribution in [1.29, 1.82) is 0 Å². The summed E-state index contributed by atoms with van der Waals surface area (Å²) in [6, 6.07) is 18.0. The highest BCUT2D eigenvalue weighted by molar-refractivity contribution is 7.22. The number of aryl methyl sites for hydroxylation is 1. The van der Waals surface area contributed by atoms with Crippen LogP contribution in [0.3, 0.4) is 0 Å². The average Bonchev–Trinajstić information content (AvgIpc) is 3.20. The highest BCUT2D eigenvalue weighted by Gasteiger charge is 2.24. The van der Waals surface area contributed by atoms with Gasteiger partial charge in [-0.15, -0.1) is 12.4 Å². The van der Waals surface area contributed by atoms with Gasteiger partial charge in [-0.2, -0.15) is 0 Å². The fourth-order valence-electron chi connectivity index (χ4n) is 3.72. The molecule has 32 heavy (non-hydrogen) atoms. The molecule has 0 aliphatic rings. The van der Waals surface area contributed by atoms with Gasteiger partial charge < -0.3 is 9.64 Å². The Hall–Kier alpha value is -2.67. The molecule has 0 N–H and O–H groups in total. The van der Waals surface area contributed by atoms with E-state index >= 15 is 0 Å². The second-order valence-corrected chi connectivity index (χ2v) is 8.94. The van der Waals surface area contributed by atoms with E-state index in [1.807, 2.05) is 56.6 Å². The van der Waals surface area contributed by atoms with E-state index in [1.54, 1.807) is 23.3 Å². The maximum absolute atomic E-state index is 13.8. The maximum atomic E-state index is 13.8. The molecule has 0 aliphatic carbocycles. The quantitative estimate of drug-likeness (QED) is 0.344. The van der Waals surface area contributed by atoms with E-state index < -0.39 is 0 Å². The number of hydrogen-bond acceptors (Lipinski definition) is 5. The summed E-state index contributed by atoms with van der Waals surface area (Å²) in [4.78, 5) is 22.6. The molecule has 0 fully saturated rings. The van der Waals surface area contributed by atoms with Gasteiger partial charge in [-0.1, -0.05) is 47.7 Å². The summed E-state index contributed by atoms with van der Waals surface area (Å²) in [6.45, 7) is 3.53. The average molecular weight is 470 g/mol. The van der Waals surface area contributed by atoms with Crippen molar-refractivity contribution in [2.24, 2.45) is 0 Å². The molecular formula is C25H28ClN3O2S. The van der Waals surface area contributed by atoms with E-state index in [-0.39, 0.29) is 18.3 Å². The summed E-state index contributed by atoms with van der Waals surface area (Å²) < 4.78 is 6.70. The molecule has 5 nitrogen and oxygen atoms in total. The second kappa shape index (κ2) is 10.3. The number of nitrogens with zero attached hydrogens (tertiary/aromatic N) is 3. The number of hydrogen-bond donors (Lipinski definition) is 0. The van der Waals surface area contributed by atoms with Gasteiger partial charge in [0.1, 0.15) is 5.75 Å². The molecule has 7 heteroatoms. The molecule has 0 spiro atoms. The highest BCUT2D eigenvalue weighted by atomic mass is 35.5. The fourth-order valence-corrected chi connectivity index (χ4v) is 4.79. The Balaban J connectivity index is 0.00000289. The first-order valence-electron chi connectivity index (χ1n) is 10.4. The van der Waals surface area contributed by atoms with Gasteiger partial charge in [-0.05, 0) is 68.5 Å². The molecule has 3 aromatic carbocycles. The number of anilines is 1. The van der Waals surface area contributed by atoms with Crippen molar-refractivity contribution in [3.05, 3.63) is 65.7 Å². The smallest absolute Gasteiger partial charge is 0.263 e. The molecular weight excluding hydrogens is 442 g/mol. The molecule has 1 aromatic heterocycles. The van der Waals surface area contributed by atoms with Crippen LogP contribution in [0.4, 0.5) is 5.13 Å². The molecule has 4 aromatic rings. The lowest BCUT2D eigenvalue weighted by atomic mass is 10.0. The van der Waals surface area contributed by atoms with Crippen molar-refractivity contribution in [2.75, 3.05) is 39.2 Å². The number of carbonyl (C=O) groups is 1. The summed E-state index contributed by atoms with van der Waals surface area (Å²) in [6.07, 6.45) is 0.851. The lowest BCUT2D eigenvalue weighted by molar-refractivity contribution is 0.0983. The summed E-state index contributed by atoms with van der Waals surface area (Å²) in [5, 5.41) is 2.79. The standard InChI is InChI=1S/C25H27N3O2S.ClH/c1-17-9-7-12-22-23(17)26-25(31-22)28(14-8-13-27(2)3)24(29)20-15-18-10-5-6-11-19(18)16-21(20)30-4;/h5-7,9-12,15-16H,8,13-14H2,1-4H3;1H. The number of carbonyl (C=O) groups excluding carboxylic acids is 1. The largest absolute Gasteiger partial charge is 0.496 e. The van der Waals surface area contributed by atoms with E-state index in [0.717, 1.165) is 44.6 Å². The molecule has 0 aliphatic heterocycles. The Bertz CT molecular complexity index is 1240. The van der Waals surface area contributed by atoms with Crippen molar-refractivity contribution >= 4 is 55.8 Å². The van der Waals surface area contributed by atoms with Gasteiger partial charge in [0.05, 0.1) is 22.9 Å². The van der Waals surface area contributed by atoms with Crippen LogP contribution >= 0.6 is 23.7 Å². The van der Waals surface area contributed by atoms with Gasteiger partial charge in [0.15, 0.2) is 5.13 Å². The van der Waals surface area contributed by atoms with E-state index in [4.69, 9.17) is 9.72 Å². The van der Waals surface area contributed by atoms with Crippen LogP contribution in [0, 0.1) is 6.92 Å². The minimum absolute atomic E-state index is 0. The first-order valence-corrected chi connectivity index (χ1v) is 11.2. The summed E-state index contributed by atoms with van der Waals surface area (Å²) in [5.41, 5.74) is 2.63. The van der Waals surface area contributed by atoms with Gasteiger partial charge >= 0.3 is 0 Å². The SMILES string of the molecule is COc1cc2ccccc2cc1C(=O)N(CCCN(C)C)c1nc2c(C)cccc2s1.Cl. The zero-order chi connectivity index (χ0) is 22.0. The Labute approximate surface area is 199 Å². The van der Waals surface area contributed by atoms with Crippen molar-refractivity contribution in [3.8, 4) is 5.75 Å². The number of fused-ring (bicyclic) bond motifs is 2. The molecule has 0 saturated heterocycles. The number of para-hydroxylation sites is 1. The maximum Gasteiger partial charge on any atom is 0.263 e. The molecule has 4 rings (SSSR count). The predicted molar refractivity (Wildman–Crippen MR) is 137 cm³/mol. The second-order valence-electron chi connectivity index (χ2n) is 7.93. The zero-order valence-electron chi connectivity index (χ0n) is 18.8. The van der Waals surface area contributed by atoms with Gasteiger partial charge in [-0.3, -0.25) is 9.69 Å². The molecule has 0 bridgehead atoms. The molecule has 0 atom stereocenters. The summed E-state index contributed by atoms with van der Waals surface area (Å²) in [5.74, 6) is 0.497. The molecule has 1 heterocycles. The number of ether oxygens (including phenoxy) is 1. The fraction of sp³-hybridized carbons (Fsp3) is 0.280. The lowest BCUT2D eigenvalue weighted by Gasteiger charge is -2.22. The predicted octanol–water partition coefficient (Wildman–Crippen LogP) is 5.79. The minimum atomic E-state index is -0.0851. The molecule has 0 radical (unpaired) electrons. The third-order valence-corrected chi connectivity index (χ3v) is 6.41. The number of rotatable bonds is 7. The van der Waals surface area contributed by atoms with Crippen LogP contribution in [0.5, 0.6) is 5.75 Å². The van der Waals surface area contributed by atoms with Crippen LogP contribution in [0.2, 0.25) is 0 Å². The van der Waals surface area contributed by atoms with Crippen LogP contribution in [0.15, 0.2) is 54.6 Å². The van der Waals surface area contributed by atoms with Crippen molar-refractivity contribution in [1.82, 2.24) is 9.88 Å². The van der Waals surface area contributed by atoms with Crippen molar-refractivity contribution < 1.29 is 9.53 Å². The molecule has 0 unspecified atom stereocenters. The van der Waals surface area contributed by atoms with E-state index in [9.17, 15) is 4.79 Å². The van der Waals surface area contributed by atoms with Crippen LogP contribution in [0.1, 0.15) is 22.3 Å².